The molecule has 1 fully saturated rings. The van der Waals surface area contributed by atoms with Crippen LogP contribution in [-0.4, -0.2) is 89.6 Å². The third-order valence-corrected chi connectivity index (χ3v) is 4.60. The summed E-state index contributed by atoms with van der Waals surface area (Å²) in [5.74, 6) is 5.75. The summed E-state index contributed by atoms with van der Waals surface area (Å²) in [6.45, 7) is 8.68. The standard InChI is InChI=1S/C20H34N4O4/c1-20(2,3)24(19(27)28)16-17(25)21-11-9-10-18(26)22(4)12-5-6-13-23-14-7-8-15-23/h7-16H2,1-4H3,(H,21,25)(H,27,28). The molecule has 0 unspecified atom stereocenters. The van der Waals surface area contributed by atoms with Crippen LogP contribution in [0.2, 0.25) is 0 Å². The van der Waals surface area contributed by atoms with Crippen LogP contribution in [0.25, 0.3) is 0 Å². The van der Waals surface area contributed by atoms with E-state index in [2.05, 4.69) is 22.1 Å². The molecule has 0 aromatic carbocycles. The van der Waals surface area contributed by atoms with Gasteiger partial charge in [-0.3, -0.25) is 19.4 Å². The Labute approximate surface area is 168 Å². The van der Waals surface area contributed by atoms with Crippen molar-refractivity contribution < 1.29 is 19.5 Å². The molecule has 1 heterocycles. The Hall–Kier alpha value is -2.27. The molecule has 0 spiro atoms. The summed E-state index contributed by atoms with van der Waals surface area (Å²) in [6.07, 6.45) is 2.15. The van der Waals surface area contributed by atoms with Crippen LogP contribution in [-0.2, 0) is 9.59 Å². The summed E-state index contributed by atoms with van der Waals surface area (Å²) in [5, 5.41) is 11.9. The van der Waals surface area contributed by atoms with Gasteiger partial charge in [-0.25, -0.2) is 4.79 Å². The molecule has 28 heavy (non-hydrogen) atoms. The lowest BCUT2D eigenvalue weighted by Gasteiger charge is -2.32. The molecule has 2 N–H and O–H groups in total. The van der Waals surface area contributed by atoms with Gasteiger partial charge in [-0.2, -0.15) is 0 Å². The molecular formula is C20H34N4O4. The predicted octanol–water partition coefficient (Wildman–Crippen LogP) is 1.22. The van der Waals surface area contributed by atoms with Gasteiger partial charge in [0, 0.05) is 25.6 Å². The van der Waals surface area contributed by atoms with Crippen LogP contribution in [0.1, 0.15) is 46.5 Å². The summed E-state index contributed by atoms with van der Waals surface area (Å²) < 4.78 is 0. The topological polar surface area (TPSA) is 93.2 Å². The fraction of sp³-hybridized carbons (Fsp3) is 0.750. The lowest BCUT2D eigenvalue weighted by Crippen LogP contribution is -2.50. The third-order valence-electron chi connectivity index (χ3n) is 4.60. The van der Waals surface area contributed by atoms with Gasteiger partial charge < -0.3 is 15.3 Å². The van der Waals surface area contributed by atoms with Crippen molar-refractivity contribution in [3.8, 4) is 11.8 Å². The number of carbonyl (C=O) groups excluding carboxylic acids is 2. The quantitative estimate of drug-likeness (QED) is 0.477. The molecule has 0 atom stereocenters. The van der Waals surface area contributed by atoms with Gasteiger partial charge in [-0.1, -0.05) is 11.8 Å². The van der Waals surface area contributed by atoms with E-state index in [4.69, 9.17) is 0 Å². The van der Waals surface area contributed by atoms with E-state index in [9.17, 15) is 19.5 Å². The van der Waals surface area contributed by atoms with Crippen LogP contribution in [0.4, 0.5) is 4.79 Å². The van der Waals surface area contributed by atoms with E-state index in [-0.39, 0.29) is 18.4 Å². The fourth-order valence-electron chi connectivity index (χ4n) is 2.82. The molecule has 1 aliphatic rings. The van der Waals surface area contributed by atoms with Crippen molar-refractivity contribution in [1.82, 2.24) is 20.0 Å². The molecule has 0 aliphatic carbocycles. The Kier molecular flexibility index (Phi) is 9.80. The second kappa shape index (κ2) is 11.5. The Morgan fingerprint density at radius 2 is 1.79 bits per heavy atom. The van der Waals surface area contributed by atoms with Gasteiger partial charge in [0.25, 0.3) is 0 Å². The smallest absolute Gasteiger partial charge is 0.408 e. The average Bonchev–Trinajstić information content (AvgIpc) is 3.12. The highest BCUT2D eigenvalue weighted by atomic mass is 16.4. The van der Waals surface area contributed by atoms with Crippen LogP contribution in [0, 0.1) is 11.8 Å². The molecule has 0 radical (unpaired) electrons. The van der Waals surface area contributed by atoms with Gasteiger partial charge in [0.1, 0.15) is 6.54 Å². The first kappa shape index (κ1) is 23.8. The maximum Gasteiger partial charge on any atom is 0.408 e. The lowest BCUT2D eigenvalue weighted by molar-refractivity contribution is -0.129. The van der Waals surface area contributed by atoms with Crippen LogP contribution < -0.4 is 5.32 Å². The first-order valence-corrected chi connectivity index (χ1v) is 9.80. The Balaban J connectivity index is 2.21. The van der Waals surface area contributed by atoms with E-state index < -0.39 is 11.6 Å². The Bertz CT molecular complexity index is 598. The molecule has 1 aliphatic heterocycles. The zero-order valence-electron chi connectivity index (χ0n) is 17.6. The first-order valence-electron chi connectivity index (χ1n) is 9.80. The zero-order valence-corrected chi connectivity index (χ0v) is 17.6. The fourth-order valence-corrected chi connectivity index (χ4v) is 2.82. The van der Waals surface area contributed by atoms with Crippen molar-refractivity contribution in [1.29, 1.82) is 0 Å². The third kappa shape index (κ3) is 9.09. The molecule has 0 aromatic rings. The molecule has 0 bridgehead atoms. The molecule has 0 saturated carbocycles. The van der Waals surface area contributed by atoms with Crippen molar-refractivity contribution in [2.75, 3.05) is 46.3 Å². The first-order chi connectivity index (χ1) is 13.1. The molecule has 8 nitrogen and oxygen atoms in total. The van der Waals surface area contributed by atoms with E-state index in [1.165, 1.54) is 12.8 Å². The highest BCUT2D eigenvalue weighted by Crippen LogP contribution is 2.12. The molecule has 158 valence electrons. The summed E-state index contributed by atoms with van der Waals surface area (Å²) >= 11 is 0. The monoisotopic (exact) mass is 394 g/mol. The summed E-state index contributed by atoms with van der Waals surface area (Å²) in [6, 6.07) is 0. The molecule has 3 amide bonds. The Morgan fingerprint density at radius 3 is 2.36 bits per heavy atom. The van der Waals surface area contributed by atoms with Crippen LogP contribution in [0.3, 0.4) is 0 Å². The summed E-state index contributed by atoms with van der Waals surface area (Å²) in [7, 11) is 1.72. The van der Waals surface area contributed by atoms with Crippen LogP contribution in [0.5, 0.6) is 0 Å². The minimum atomic E-state index is -1.13. The van der Waals surface area contributed by atoms with E-state index in [0.717, 1.165) is 24.5 Å². The minimum absolute atomic E-state index is 0.0217. The molecule has 8 heteroatoms. The summed E-state index contributed by atoms with van der Waals surface area (Å²) in [5.41, 5.74) is -0.655. The maximum absolute atomic E-state index is 12.1. The van der Waals surface area contributed by atoms with Crippen molar-refractivity contribution in [2.24, 2.45) is 0 Å². The number of nitrogens with zero attached hydrogens (tertiary/aromatic N) is 3. The predicted molar refractivity (Wildman–Crippen MR) is 108 cm³/mol. The van der Waals surface area contributed by atoms with Crippen molar-refractivity contribution in [3.05, 3.63) is 0 Å². The van der Waals surface area contributed by atoms with Gasteiger partial charge in [0.05, 0.1) is 13.1 Å². The molecule has 0 aromatic heterocycles. The van der Waals surface area contributed by atoms with Crippen molar-refractivity contribution in [3.63, 3.8) is 0 Å². The highest BCUT2D eigenvalue weighted by Gasteiger charge is 2.27. The van der Waals surface area contributed by atoms with Crippen LogP contribution >= 0.6 is 0 Å². The number of carbonyl (C=O) groups is 3. The van der Waals surface area contributed by atoms with Gasteiger partial charge in [-0.15, -0.1) is 0 Å². The van der Waals surface area contributed by atoms with E-state index in [0.29, 0.717) is 25.9 Å². The van der Waals surface area contributed by atoms with Gasteiger partial charge in [0.15, 0.2) is 0 Å². The second-order valence-electron chi connectivity index (χ2n) is 8.08. The van der Waals surface area contributed by atoms with Gasteiger partial charge in [0.2, 0.25) is 11.8 Å². The lowest BCUT2D eigenvalue weighted by atomic mass is 10.1. The minimum Gasteiger partial charge on any atom is -0.465 e. The molecule has 1 rings (SSSR count). The van der Waals surface area contributed by atoms with E-state index in [1.54, 1.807) is 32.7 Å². The number of rotatable bonds is 8. The number of hydrogen-bond donors (Lipinski definition) is 2. The van der Waals surface area contributed by atoms with Crippen LogP contribution in [0.15, 0.2) is 0 Å². The maximum atomic E-state index is 12.1. The largest absolute Gasteiger partial charge is 0.465 e. The number of amides is 3. The van der Waals surface area contributed by atoms with Gasteiger partial charge in [-0.05, 0) is 53.1 Å². The second-order valence-corrected chi connectivity index (χ2v) is 8.08. The zero-order chi connectivity index (χ0) is 21.2. The average molecular weight is 395 g/mol. The number of nitrogens with one attached hydrogen (secondary N) is 1. The number of hydrogen-bond acceptors (Lipinski definition) is 4. The Morgan fingerprint density at radius 1 is 1.14 bits per heavy atom. The highest BCUT2D eigenvalue weighted by molar-refractivity contribution is 5.82. The van der Waals surface area contributed by atoms with E-state index >= 15 is 0 Å². The molecule has 1 saturated heterocycles. The van der Waals surface area contributed by atoms with E-state index in [1.807, 2.05) is 0 Å². The number of likely N-dealkylation sites (tertiary alicyclic amines) is 1. The van der Waals surface area contributed by atoms with Crippen molar-refractivity contribution in [2.45, 2.75) is 52.0 Å². The number of carboxylic acid groups (broad SMARTS) is 1. The van der Waals surface area contributed by atoms with Gasteiger partial charge >= 0.3 is 6.09 Å². The SMILES string of the molecule is CN(CC#CCN1CCCC1)C(=O)CCCNC(=O)CN(C(=O)O)C(C)(C)C. The molecular weight excluding hydrogens is 360 g/mol. The van der Waals surface area contributed by atoms with Crippen molar-refractivity contribution >= 4 is 17.9 Å². The normalized spacial score (nSPS) is 14.1. The summed E-state index contributed by atoms with van der Waals surface area (Å²) in [4.78, 5) is 40.2.